The molecule has 0 aliphatic heterocycles. The summed E-state index contributed by atoms with van der Waals surface area (Å²) in [5.41, 5.74) is 2.60. The zero-order valence-corrected chi connectivity index (χ0v) is 12.8. The van der Waals surface area contributed by atoms with Crippen LogP contribution in [0.3, 0.4) is 0 Å². The molecular weight excluding hydrogens is 278 g/mol. The van der Waals surface area contributed by atoms with Crippen LogP contribution in [0.4, 0.5) is 11.6 Å². The number of hydrogen-bond donors (Lipinski definition) is 2. The average molecular weight is 299 g/mol. The van der Waals surface area contributed by atoms with Gasteiger partial charge in [-0.15, -0.1) is 0 Å². The number of aromatic amines is 1. The third kappa shape index (κ3) is 3.30. The Bertz CT molecular complexity index is 709. The Morgan fingerprint density at radius 1 is 1.32 bits per heavy atom. The van der Waals surface area contributed by atoms with Crippen LogP contribution >= 0.6 is 0 Å². The van der Waals surface area contributed by atoms with E-state index < -0.39 is 0 Å². The van der Waals surface area contributed by atoms with E-state index in [1.165, 1.54) is 0 Å². The van der Waals surface area contributed by atoms with E-state index in [9.17, 15) is 4.79 Å². The number of H-pyrrole nitrogens is 1. The lowest BCUT2D eigenvalue weighted by atomic mass is 9.97. The van der Waals surface area contributed by atoms with Crippen LogP contribution in [0.15, 0.2) is 29.1 Å². The summed E-state index contributed by atoms with van der Waals surface area (Å²) in [6, 6.07) is 7.68. The smallest absolute Gasteiger partial charge is 0.255 e. The minimum atomic E-state index is -0.0226. The molecule has 0 spiro atoms. The van der Waals surface area contributed by atoms with E-state index in [2.05, 4.69) is 22.2 Å². The van der Waals surface area contributed by atoms with Crippen LogP contribution < -0.4 is 15.6 Å². The van der Waals surface area contributed by atoms with Crippen LogP contribution in [0.5, 0.6) is 5.75 Å². The highest BCUT2D eigenvalue weighted by molar-refractivity contribution is 5.56. The van der Waals surface area contributed by atoms with Crippen LogP contribution in [-0.2, 0) is 12.8 Å². The van der Waals surface area contributed by atoms with Crippen LogP contribution in [-0.4, -0.2) is 16.6 Å². The Balaban J connectivity index is 1.81. The predicted molar refractivity (Wildman–Crippen MR) is 87.0 cm³/mol. The molecule has 0 saturated carbocycles. The molecule has 0 radical (unpaired) electrons. The molecule has 1 aromatic heterocycles. The Morgan fingerprint density at radius 3 is 3.05 bits per heavy atom. The molecule has 0 unspecified atom stereocenters. The second kappa shape index (κ2) is 6.64. The maximum absolute atomic E-state index is 12.1. The Hall–Kier alpha value is -2.30. The Morgan fingerprint density at radius 2 is 2.18 bits per heavy atom. The van der Waals surface area contributed by atoms with Crippen molar-refractivity contribution in [1.82, 2.24) is 9.97 Å². The Kier molecular flexibility index (Phi) is 4.42. The summed E-state index contributed by atoms with van der Waals surface area (Å²) < 4.78 is 5.62. The number of anilines is 2. The van der Waals surface area contributed by atoms with E-state index in [0.717, 1.165) is 54.8 Å². The number of nitrogens with one attached hydrogen (secondary N) is 2. The lowest BCUT2D eigenvalue weighted by Crippen LogP contribution is -2.22. The van der Waals surface area contributed by atoms with Gasteiger partial charge in [-0.3, -0.25) is 9.78 Å². The molecule has 2 N–H and O–H groups in total. The quantitative estimate of drug-likeness (QED) is 0.890. The monoisotopic (exact) mass is 299 g/mol. The lowest BCUT2D eigenvalue weighted by molar-refractivity contribution is 0.317. The molecule has 5 heteroatoms. The summed E-state index contributed by atoms with van der Waals surface area (Å²) in [7, 11) is 0. The first-order chi connectivity index (χ1) is 10.8. The molecule has 1 aliphatic carbocycles. The maximum Gasteiger partial charge on any atom is 0.255 e. The van der Waals surface area contributed by atoms with Gasteiger partial charge in [0.15, 0.2) is 0 Å². The second-order valence-electron chi connectivity index (χ2n) is 5.55. The fraction of sp³-hybridized carbons (Fsp3) is 0.412. The molecule has 1 aliphatic rings. The number of ether oxygens (including phenoxy) is 1. The van der Waals surface area contributed by atoms with Crippen molar-refractivity contribution >= 4 is 11.6 Å². The minimum Gasteiger partial charge on any atom is -0.494 e. The summed E-state index contributed by atoms with van der Waals surface area (Å²) in [5.74, 6) is 1.31. The first-order valence-corrected chi connectivity index (χ1v) is 7.88. The van der Waals surface area contributed by atoms with Crippen molar-refractivity contribution in [2.45, 2.75) is 39.0 Å². The molecule has 0 bridgehead atoms. The van der Waals surface area contributed by atoms with Crippen molar-refractivity contribution in [1.29, 1.82) is 0 Å². The molecular formula is C17H21N3O2. The topological polar surface area (TPSA) is 67.0 Å². The normalized spacial score (nSPS) is 13.5. The van der Waals surface area contributed by atoms with Crippen LogP contribution in [0.1, 0.15) is 37.4 Å². The highest BCUT2D eigenvalue weighted by Gasteiger charge is 2.15. The van der Waals surface area contributed by atoms with Gasteiger partial charge in [0.25, 0.3) is 5.56 Å². The standard InChI is InChI=1S/C17H21N3O2/c1-2-10-22-13-7-5-6-12(11-13)18-17-19-15-9-4-3-8-14(15)16(21)20-17/h5-7,11H,2-4,8-10H2,1H3,(H2,18,19,20,21). The molecule has 22 heavy (non-hydrogen) atoms. The molecule has 5 nitrogen and oxygen atoms in total. The zero-order chi connectivity index (χ0) is 15.4. The Labute approximate surface area is 129 Å². The van der Waals surface area contributed by atoms with E-state index in [4.69, 9.17) is 4.74 Å². The van der Waals surface area contributed by atoms with Gasteiger partial charge in [-0.25, -0.2) is 4.98 Å². The maximum atomic E-state index is 12.1. The van der Waals surface area contributed by atoms with Crippen molar-refractivity contribution in [3.63, 3.8) is 0 Å². The van der Waals surface area contributed by atoms with E-state index in [-0.39, 0.29) is 5.56 Å². The van der Waals surface area contributed by atoms with Crippen LogP contribution in [0.2, 0.25) is 0 Å². The molecule has 2 aromatic rings. The van der Waals surface area contributed by atoms with Gasteiger partial charge in [0.05, 0.1) is 12.3 Å². The van der Waals surface area contributed by atoms with E-state index in [0.29, 0.717) is 12.6 Å². The van der Waals surface area contributed by atoms with E-state index in [1.807, 2.05) is 24.3 Å². The third-order valence-electron chi connectivity index (χ3n) is 3.76. The van der Waals surface area contributed by atoms with Gasteiger partial charge in [-0.1, -0.05) is 13.0 Å². The fourth-order valence-corrected chi connectivity index (χ4v) is 2.68. The van der Waals surface area contributed by atoms with Gasteiger partial charge < -0.3 is 10.1 Å². The molecule has 3 rings (SSSR count). The van der Waals surface area contributed by atoms with Crippen molar-refractivity contribution in [3.05, 3.63) is 45.9 Å². The average Bonchev–Trinajstić information content (AvgIpc) is 2.53. The molecule has 1 heterocycles. The van der Waals surface area contributed by atoms with Crippen LogP contribution in [0, 0.1) is 0 Å². The molecule has 116 valence electrons. The molecule has 0 atom stereocenters. The second-order valence-corrected chi connectivity index (χ2v) is 5.55. The number of hydrogen-bond acceptors (Lipinski definition) is 4. The number of aromatic nitrogens is 2. The summed E-state index contributed by atoms with van der Waals surface area (Å²) in [6.07, 6.45) is 4.85. The minimum absolute atomic E-state index is 0.0226. The first-order valence-electron chi connectivity index (χ1n) is 7.88. The largest absolute Gasteiger partial charge is 0.494 e. The highest BCUT2D eigenvalue weighted by atomic mass is 16.5. The predicted octanol–water partition coefficient (Wildman–Crippen LogP) is 3.18. The van der Waals surface area contributed by atoms with Crippen molar-refractivity contribution in [2.75, 3.05) is 11.9 Å². The number of benzene rings is 1. The van der Waals surface area contributed by atoms with Gasteiger partial charge in [0.1, 0.15) is 5.75 Å². The van der Waals surface area contributed by atoms with Crippen molar-refractivity contribution < 1.29 is 4.74 Å². The number of aryl methyl sites for hydroxylation is 1. The molecule has 0 amide bonds. The summed E-state index contributed by atoms with van der Waals surface area (Å²) in [5, 5.41) is 3.17. The molecule has 0 saturated heterocycles. The zero-order valence-electron chi connectivity index (χ0n) is 12.8. The van der Waals surface area contributed by atoms with Gasteiger partial charge >= 0.3 is 0 Å². The summed E-state index contributed by atoms with van der Waals surface area (Å²) >= 11 is 0. The van der Waals surface area contributed by atoms with Crippen LogP contribution in [0.25, 0.3) is 0 Å². The molecule has 1 aromatic carbocycles. The van der Waals surface area contributed by atoms with Gasteiger partial charge in [-0.05, 0) is 44.2 Å². The summed E-state index contributed by atoms with van der Waals surface area (Å²) in [4.78, 5) is 19.5. The van der Waals surface area contributed by atoms with Crippen molar-refractivity contribution in [2.24, 2.45) is 0 Å². The van der Waals surface area contributed by atoms with E-state index in [1.54, 1.807) is 0 Å². The number of nitrogens with zero attached hydrogens (tertiary/aromatic N) is 1. The SMILES string of the molecule is CCCOc1cccc(Nc2nc3c(c(=O)[nH]2)CCCC3)c1. The van der Waals surface area contributed by atoms with E-state index >= 15 is 0 Å². The van der Waals surface area contributed by atoms with Gasteiger partial charge in [-0.2, -0.15) is 0 Å². The van der Waals surface area contributed by atoms with Crippen molar-refractivity contribution in [3.8, 4) is 5.75 Å². The first kappa shape index (κ1) is 14.6. The highest BCUT2D eigenvalue weighted by Crippen LogP contribution is 2.21. The van der Waals surface area contributed by atoms with Gasteiger partial charge in [0.2, 0.25) is 5.95 Å². The number of fused-ring (bicyclic) bond motifs is 1. The lowest BCUT2D eigenvalue weighted by Gasteiger charge is -2.15. The third-order valence-corrected chi connectivity index (χ3v) is 3.76. The molecule has 0 fully saturated rings. The summed E-state index contributed by atoms with van der Waals surface area (Å²) in [6.45, 7) is 2.77. The fourth-order valence-electron chi connectivity index (χ4n) is 2.68. The number of rotatable bonds is 5. The van der Waals surface area contributed by atoms with Gasteiger partial charge in [0, 0.05) is 17.3 Å².